The van der Waals surface area contributed by atoms with Crippen molar-refractivity contribution in [2.75, 3.05) is 20.8 Å². The van der Waals surface area contributed by atoms with Crippen molar-refractivity contribution in [1.82, 2.24) is 9.88 Å². The Bertz CT molecular complexity index is 1080. The standard InChI is InChI=1S/C18H16N2O3/c1-20(2)10-22-11-7-8-15-14(9-11)16-17(23-15)12-5-3-4-6-13(12)18(21)19-16/h3-9H,10H2,1-2H3,(H,19,21). The fraction of sp³-hybridized carbons (Fsp3) is 0.167. The number of pyridine rings is 1. The molecule has 0 fully saturated rings. The average Bonchev–Trinajstić information content (AvgIpc) is 2.91. The number of nitrogens with zero attached hydrogens (tertiary/aromatic N) is 1. The van der Waals surface area contributed by atoms with Gasteiger partial charge in [0.2, 0.25) is 0 Å². The monoisotopic (exact) mass is 308 g/mol. The van der Waals surface area contributed by atoms with Crippen LogP contribution in [0.4, 0.5) is 0 Å². The Morgan fingerprint density at radius 1 is 1.09 bits per heavy atom. The molecule has 0 aliphatic heterocycles. The number of furan rings is 1. The molecular formula is C18H16N2O3. The maximum atomic E-state index is 12.3. The lowest BCUT2D eigenvalue weighted by Gasteiger charge is -2.11. The number of benzene rings is 2. The van der Waals surface area contributed by atoms with Crippen molar-refractivity contribution in [2.45, 2.75) is 0 Å². The summed E-state index contributed by atoms with van der Waals surface area (Å²) in [6.45, 7) is 0.487. The van der Waals surface area contributed by atoms with E-state index in [1.807, 2.05) is 55.4 Å². The van der Waals surface area contributed by atoms with E-state index in [-0.39, 0.29) is 5.56 Å². The summed E-state index contributed by atoms with van der Waals surface area (Å²) < 4.78 is 11.7. The van der Waals surface area contributed by atoms with E-state index < -0.39 is 0 Å². The van der Waals surface area contributed by atoms with E-state index in [9.17, 15) is 4.79 Å². The van der Waals surface area contributed by atoms with E-state index in [0.29, 0.717) is 23.2 Å². The van der Waals surface area contributed by atoms with Crippen LogP contribution in [0.1, 0.15) is 0 Å². The van der Waals surface area contributed by atoms with Crippen molar-refractivity contribution in [2.24, 2.45) is 0 Å². The van der Waals surface area contributed by atoms with E-state index in [0.717, 1.165) is 22.1 Å². The van der Waals surface area contributed by atoms with Crippen LogP contribution < -0.4 is 10.3 Å². The fourth-order valence-electron chi connectivity index (χ4n) is 2.74. The van der Waals surface area contributed by atoms with Crippen LogP contribution in [-0.4, -0.2) is 30.7 Å². The SMILES string of the molecule is CN(C)COc1ccc2oc3c4ccccc4c(=O)[nH]c3c2c1. The van der Waals surface area contributed by atoms with Crippen LogP contribution in [0.25, 0.3) is 32.8 Å². The van der Waals surface area contributed by atoms with Crippen LogP contribution in [0.15, 0.2) is 51.7 Å². The van der Waals surface area contributed by atoms with E-state index in [1.54, 1.807) is 6.07 Å². The summed E-state index contributed by atoms with van der Waals surface area (Å²) in [6, 6.07) is 13.1. The second-order valence-corrected chi connectivity index (χ2v) is 5.82. The summed E-state index contributed by atoms with van der Waals surface area (Å²) in [4.78, 5) is 17.2. The number of fused-ring (bicyclic) bond motifs is 5. The normalized spacial score (nSPS) is 11.8. The number of hydrogen-bond acceptors (Lipinski definition) is 4. The van der Waals surface area contributed by atoms with Crippen LogP contribution in [0.2, 0.25) is 0 Å². The lowest BCUT2D eigenvalue weighted by atomic mass is 10.1. The van der Waals surface area contributed by atoms with Crippen LogP contribution in [0, 0.1) is 0 Å². The summed E-state index contributed by atoms with van der Waals surface area (Å²) in [5, 5.41) is 2.29. The molecule has 0 spiro atoms. The Hall–Kier alpha value is -2.79. The van der Waals surface area contributed by atoms with Gasteiger partial charge in [-0.25, -0.2) is 0 Å². The molecule has 0 unspecified atom stereocenters. The third-order valence-electron chi connectivity index (χ3n) is 3.80. The molecule has 0 aliphatic carbocycles. The Morgan fingerprint density at radius 2 is 1.87 bits per heavy atom. The lowest BCUT2D eigenvalue weighted by Crippen LogP contribution is -2.18. The molecule has 0 bridgehead atoms. The molecule has 1 N–H and O–H groups in total. The van der Waals surface area contributed by atoms with Gasteiger partial charge >= 0.3 is 0 Å². The van der Waals surface area contributed by atoms with Crippen molar-refractivity contribution in [3.8, 4) is 5.75 Å². The smallest absolute Gasteiger partial charge is 0.256 e. The summed E-state index contributed by atoms with van der Waals surface area (Å²) in [5.74, 6) is 0.739. The van der Waals surface area contributed by atoms with E-state index in [2.05, 4.69) is 4.98 Å². The molecule has 0 radical (unpaired) electrons. The quantitative estimate of drug-likeness (QED) is 0.590. The lowest BCUT2D eigenvalue weighted by molar-refractivity contribution is 0.179. The maximum absolute atomic E-state index is 12.3. The van der Waals surface area contributed by atoms with Crippen molar-refractivity contribution in [3.05, 3.63) is 52.8 Å². The van der Waals surface area contributed by atoms with Crippen molar-refractivity contribution >= 4 is 32.8 Å². The molecule has 2 aromatic carbocycles. The van der Waals surface area contributed by atoms with E-state index >= 15 is 0 Å². The summed E-state index contributed by atoms with van der Waals surface area (Å²) in [7, 11) is 3.88. The van der Waals surface area contributed by atoms with E-state index in [4.69, 9.17) is 9.15 Å². The highest BCUT2D eigenvalue weighted by Crippen LogP contribution is 2.33. The Morgan fingerprint density at radius 3 is 2.65 bits per heavy atom. The Kier molecular flexibility index (Phi) is 3.09. The largest absolute Gasteiger partial charge is 0.478 e. The van der Waals surface area contributed by atoms with Gasteiger partial charge in [0.25, 0.3) is 5.56 Å². The highest BCUT2D eigenvalue weighted by molar-refractivity contribution is 6.12. The minimum Gasteiger partial charge on any atom is -0.478 e. The number of hydrogen-bond donors (Lipinski definition) is 1. The minimum absolute atomic E-state index is 0.115. The number of aromatic amines is 1. The number of ether oxygens (including phenoxy) is 1. The van der Waals surface area contributed by atoms with Gasteiger partial charge in [0, 0.05) is 10.8 Å². The van der Waals surface area contributed by atoms with Gasteiger partial charge in [0.05, 0.1) is 10.9 Å². The van der Waals surface area contributed by atoms with E-state index in [1.165, 1.54) is 0 Å². The second-order valence-electron chi connectivity index (χ2n) is 5.82. The molecule has 2 heterocycles. The summed E-state index contributed by atoms with van der Waals surface area (Å²) >= 11 is 0. The highest BCUT2D eigenvalue weighted by Gasteiger charge is 2.13. The molecule has 116 valence electrons. The van der Waals surface area contributed by atoms with Gasteiger partial charge in [-0.3, -0.25) is 9.69 Å². The second kappa shape index (κ2) is 5.14. The first kappa shape index (κ1) is 13.8. The zero-order valence-electron chi connectivity index (χ0n) is 12.9. The highest BCUT2D eigenvalue weighted by atomic mass is 16.5. The third kappa shape index (κ3) is 2.26. The molecule has 4 rings (SSSR count). The molecule has 5 heteroatoms. The molecule has 23 heavy (non-hydrogen) atoms. The molecule has 2 aromatic heterocycles. The molecule has 0 saturated carbocycles. The first-order valence-electron chi connectivity index (χ1n) is 7.38. The topological polar surface area (TPSA) is 58.5 Å². The first-order valence-corrected chi connectivity index (χ1v) is 7.38. The Balaban J connectivity index is 1.98. The minimum atomic E-state index is -0.115. The maximum Gasteiger partial charge on any atom is 0.256 e. The van der Waals surface area contributed by atoms with Crippen LogP contribution in [0.5, 0.6) is 5.75 Å². The van der Waals surface area contributed by atoms with Gasteiger partial charge in [-0.2, -0.15) is 0 Å². The number of aromatic nitrogens is 1. The van der Waals surface area contributed by atoms with Gasteiger partial charge in [0.15, 0.2) is 5.58 Å². The zero-order valence-corrected chi connectivity index (χ0v) is 12.9. The van der Waals surface area contributed by atoms with Crippen LogP contribution in [0.3, 0.4) is 0 Å². The molecule has 0 aliphatic rings. The van der Waals surface area contributed by atoms with Crippen molar-refractivity contribution in [1.29, 1.82) is 0 Å². The molecule has 0 atom stereocenters. The molecular weight excluding hydrogens is 292 g/mol. The number of H-pyrrole nitrogens is 1. The molecule has 4 aromatic rings. The predicted octanol–water partition coefficient (Wildman–Crippen LogP) is 3.33. The molecule has 0 amide bonds. The zero-order chi connectivity index (χ0) is 16.0. The van der Waals surface area contributed by atoms with Gasteiger partial charge in [-0.05, 0) is 38.4 Å². The van der Waals surface area contributed by atoms with Crippen LogP contribution >= 0.6 is 0 Å². The van der Waals surface area contributed by atoms with Gasteiger partial charge in [0.1, 0.15) is 18.1 Å². The van der Waals surface area contributed by atoms with Gasteiger partial charge in [-0.15, -0.1) is 0 Å². The van der Waals surface area contributed by atoms with Crippen molar-refractivity contribution < 1.29 is 9.15 Å². The third-order valence-corrected chi connectivity index (χ3v) is 3.80. The molecule has 0 saturated heterocycles. The van der Waals surface area contributed by atoms with Gasteiger partial charge in [-0.1, -0.05) is 18.2 Å². The fourth-order valence-corrected chi connectivity index (χ4v) is 2.74. The predicted molar refractivity (Wildman–Crippen MR) is 91.0 cm³/mol. The van der Waals surface area contributed by atoms with Gasteiger partial charge < -0.3 is 14.1 Å². The summed E-state index contributed by atoms with van der Waals surface area (Å²) in [5.41, 5.74) is 2.01. The molecule has 5 nitrogen and oxygen atoms in total. The summed E-state index contributed by atoms with van der Waals surface area (Å²) in [6.07, 6.45) is 0. The number of nitrogens with one attached hydrogen (secondary N) is 1. The number of rotatable bonds is 3. The first-order chi connectivity index (χ1) is 11.1. The van der Waals surface area contributed by atoms with Crippen LogP contribution in [-0.2, 0) is 0 Å². The van der Waals surface area contributed by atoms with Crippen molar-refractivity contribution in [3.63, 3.8) is 0 Å². The average molecular weight is 308 g/mol. The Labute approximate surface area is 132 Å².